The van der Waals surface area contributed by atoms with Crippen LogP contribution in [0, 0.1) is 0 Å². The lowest BCUT2D eigenvalue weighted by atomic mass is 10.1. The van der Waals surface area contributed by atoms with Gasteiger partial charge in [-0.15, -0.1) is 0 Å². The molecule has 0 radical (unpaired) electrons. The molecule has 23 heavy (non-hydrogen) atoms. The van der Waals surface area contributed by atoms with Crippen molar-refractivity contribution in [3.63, 3.8) is 0 Å². The Morgan fingerprint density at radius 3 is 1.74 bits per heavy atom. The van der Waals surface area contributed by atoms with Crippen LogP contribution in [0.2, 0.25) is 0 Å². The van der Waals surface area contributed by atoms with E-state index in [9.17, 15) is 4.79 Å². The fourth-order valence-electron chi connectivity index (χ4n) is 2.35. The standard InChI is InChI=1S/C17H18N2O4/c18-5-7-21-11-1-3-13-15(9-11)23-16-10-12(22-8-6-19)2-4-14(16)17(13)20/h1-4,9-10H,5-8,18-19H2. The molecule has 1 heterocycles. The molecule has 0 atom stereocenters. The van der Waals surface area contributed by atoms with Crippen molar-refractivity contribution in [2.75, 3.05) is 26.3 Å². The Morgan fingerprint density at radius 1 is 0.826 bits per heavy atom. The average Bonchev–Trinajstić information content (AvgIpc) is 2.57. The molecule has 0 saturated heterocycles. The Labute approximate surface area is 132 Å². The van der Waals surface area contributed by atoms with Crippen molar-refractivity contribution in [1.82, 2.24) is 0 Å². The molecule has 120 valence electrons. The zero-order chi connectivity index (χ0) is 16.2. The Balaban J connectivity index is 2.09. The van der Waals surface area contributed by atoms with Gasteiger partial charge in [-0.1, -0.05) is 0 Å². The molecule has 3 rings (SSSR count). The maximum absolute atomic E-state index is 12.6. The Hall–Kier alpha value is -2.57. The van der Waals surface area contributed by atoms with E-state index in [4.69, 9.17) is 25.4 Å². The highest BCUT2D eigenvalue weighted by molar-refractivity contribution is 5.90. The topological polar surface area (TPSA) is 101 Å². The lowest BCUT2D eigenvalue weighted by Crippen LogP contribution is -2.11. The highest BCUT2D eigenvalue weighted by Gasteiger charge is 2.10. The van der Waals surface area contributed by atoms with Crippen LogP contribution in [0.3, 0.4) is 0 Å². The number of benzene rings is 2. The summed E-state index contributed by atoms with van der Waals surface area (Å²) in [5, 5.41) is 1.02. The van der Waals surface area contributed by atoms with Gasteiger partial charge in [0.25, 0.3) is 0 Å². The van der Waals surface area contributed by atoms with Gasteiger partial charge in [-0.25, -0.2) is 0 Å². The van der Waals surface area contributed by atoms with Crippen molar-refractivity contribution in [3.8, 4) is 11.5 Å². The smallest absolute Gasteiger partial charge is 0.200 e. The minimum absolute atomic E-state index is 0.0861. The van der Waals surface area contributed by atoms with Crippen molar-refractivity contribution in [3.05, 3.63) is 46.6 Å². The van der Waals surface area contributed by atoms with Gasteiger partial charge in [-0.3, -0.25) is 4.79 Å². The van der Waals surface area contributed by atoms with Crippen LogP contribution in [0.25, 0.3) is 21.9 Å². The molecular weight excluding hydrogens is 296 g/mol. The van der Waals surface area contributed by atoms with E-state index in [2.05, 4.69) is 0 Å². The Kier molecular flexibility index (Phi) is 4.45. The summed E-state index contributed by atoms with van der Waals surface area (Å²) >= 11 is 0. The van der Waals surface area contributed by atoms with E-state index in [1.807, 2.05) is 0 Å². The van der Waals surface area contributed by atoms with E-state index in [0.717, 1.165) is 0 Å². The first-order chi connectivity index (χ1) is 11.2. The lowest BCUT2D eigenvalue weighted by Gasteiger charge is -2.08. The van der Waals surface area contributed by atoms with Crippen LogP contribution in [0.15, 0.2) is 45.6 Å². The molecule has 0 spiro atoms. The summed E-state index contributed by atoms with van der Waals surface area (Å²) in [6.45, 7) is 1.64. The normalized spacial score (nSPS) is 11.0. The number of hydrogen-bond donors (Lipinski definition) is 2. The van der Waals surface area contributed by atoms with E-state index >= 15 is 0 Å². The molecule has 4 N–H and O–H groups in total. The third-order valence-corrected chi connectivity index (χ3v) is 3.39. The molecule has 0 aliphatic rings. The average molecular weight is 314 g/mol. The summed E-state index contributed by atoms with van der Waals surface area (Å²) in [7, 11) is 0. The van der Waals surface area contributed by atoms with Gasteiger partial charge in [0.1, 0.15) is 35.9 Å². The molecule has 2 aromatic carbocycles. The predicted molar refractivity (Wildman–Crippen MR) is 89.1 cm³/mol. The quantitative estimate of drug-likeness (QED) is 0.671. The van der Waals surface area contributed by atoms with Crippen molar-refractivity contribution in [2.45, 2.75) is 0 Å². The molecule has 0 aliphatic carbocycles. The summed E-state index contributed by atoms with van der Waals surface area (Å²) < 4.78 is 16.8. The van der Waals surface area contributed by atoms with Crippen molar-refractivity contribution in [1.29, 1.82) is 0 Å². The second-order valence-electron chi connectivity index (χ2n) is 5.02. The van der Waals surface area contributed by atoms with E-state index in [-0.39, 0.29) is 5.43 Å². The third-order valence-electron chi connectivity index (χ3n) is 3.39. The highest BCUT2D eigenvalue weighted by atomic mass is 16.5. The molecule has 0 saturated carbocycles. The first-order valence-electron chi connectivity index (χ1n) is 7.39. The van der Waals surface area contributed by atoms with Crippen LogP contribution in [0.4, 0.5) is 0 Å². The van der Waals surface area contributed by atoms with Gasteiger partial charge in [0.15, 0.2) is 0 Å². The number of hydrogen-bond acceptors (Lipinski definition) is 6. The molecule has 1 aromatic heterocycles. The number of fused-ring (bicyclic) bond motifs is 2. The third kappa shape index (κ3) is 3.13. The molecule has 6 nitrogen and oxygen atoms in total. The summed E-state index contributed by atoms with van der Waals surface area (Å²) in [4.78, 5) is 12.6. The number of rotatable bonds is 6. The van der Waals surface area contributed by atoms with Gasteiger partial charge in [-0.05, 0) is 24.3 Å². The van der Waals surface area contributed by atoms with Gasteiger partial charge < -0.3 is 25.4 Å². The second kappa shape index (κ2) is 6.68. The number of nitrogens with two attached hydrogens (primary N) is 2. The Morgan fingerprint density at radius 2 is 1.30 bits per heavy atom. The van der Waals surface area contributed by atoms with Gasteiger partial charge in [0, 0.05) is 25.2 Å². The predicted octanol–water partition coefficient (Wildman–Crippen LogP) is 1.62. The molecule has 0 unspecified atom stereocenters. The molecule has 3 aromatic rings. The van der Waals surface area contributed by atoms with Gasteiger partial charge in [-0.2, -0.15) is 0 Å². The maximum Gasteiger partial charge on any atom is 0.200 e. The van der Waals surface area contributed by atoms with Crippen molar-refractivity contribution in [2.24, 2.45) is 11.5 Å². The van der Waals surface area contributed by atoms with Gasteiger partial charge >= 0.3 is 0 Å². The van der Waals surface area contributed by atoms with Crippen LogP contribution in [-0.4, -0.2) is 26.3 Å². The SMILES string of the molecule is NCCOc1ccc2c(=O)c3ccc(OCCN)cc3oc2c1. The summed E-state index contributed by atoms with van der Waals surface area (Å²) in [5.41, 5.74) is 11.7. The fraction of sp³-hybridized carbons (Fsp3) is 0.235. The Bertz CT molecular complexity index is 820. The van der Waals surface area contributed by atoms with E-state index < -0.39 is 0 Å². The summed E-state index contributed by atoms with van der Waals surface area (Å²) in [6.07, 6.45) is 0. The maximum atomic E-state index is 12.6. The van der Waals surface area contributed by atoms with Crippen LogP contribution in [-0.2, 0) is 0 Å². The number of ether oxygens (including phenoxy) is 2. The molecule has 0 fully saturated rings. The first kappa shape index (κ1) is 15.3. The molecule has 0 amide bonds. The van der Waals surface area contributed by atoms with Gasteiger partial charge in [0.2, 0.25) is 5.43 Å². The zero-order valence-electron chi connectivity index (χ0n) is 12.6. The first-order valence-corrected chi connectivity index (χ1v) is 7.39. The lowest BCUT2D eigenvalue weighted by molar-refractivity contribution is 0.328. The monoisotopic (exact) mass is 314 g/mol. The van der Waals surface area contributed by atoms with E-state index in [0.29, 0.717) is 59.7 Å². The second-order valence-corrected chi connectivity index (χ2v) is 5.02. The van der Waals surface area contributed by atoms with Crippen LogP contribution in [0.1, 0.15) is 0 Å². The van der Waals surface area contributed by atoms with E-state index in [1.54, 1.807) is 36.4 Å². The van der Waals surface area contributed by atoms with E-state index in [1.165, 1.54) is 0 Å². The zero-order valence-corrected chi connectivity index (χ0v) is 12.6. The largest absolute Gasteiger partial charge is 0.492 e. The molecule has 0 aliphatic heterocycles. The summed E-state index contributed by atoms with van der Waals surface area (Å²) in [5.74, 6) is 1.22. The van der Waals surface area contributed by atoms with Crippen molar-refractivity contribution >= 4 is 21.9 Å². The molecule has 0 bridgehead atoms. The van der Waals surface area contributed by atoms with Crippen LogP contribution >= 0.6 is 0 Å². The molecular formula is C17H18N2O4. The van der Waals surface area contributed by atoms with Gasteiger partial charge in [0.05, 0.1) is 10.8 Å². The fourth-order valence-corrected chi connectivity index (χ4v) is 2.35. The minimum Gasteiger partial charge on any atom is -0.492 e. The minimum atomic E-state index is -0.0861. The van der Waals surface area contributed by atoms with Crippen LogP contribution in [0.5, 0.6) is 11.5 Å². The highest BCUT2D eigenvalue weighted by Crippen LogP contribution is 2.25. The summed E-state index contributed by atoms with van der Waals surface area (Å²) in [6, 6.07) is 10.3. The van der Waals surface area contributed by atoms with Crippen molar-refractivity contribution < 1.29 is 13.9 Å². The molecule has 6 heteroatoms. The van der Waals surface area contributed by atoms with Crippen LogP contribution < -0.4 is 26.4 Å².